The number of piperidine rings is 1. The van der Waals surface area contributed by atoms with Crippen LogP contribution in [0.15, 0.2) is 53.4 Å². The van der Waals surface area contributed by atoms with Gasteiger partial charge in [-0.25, -0.2) is 8.42 Å². The van der Waals surface area contributed by atoms with Gasteiger partial charge in [0.05, 0.1) is 10.6 Å². The van der Waals surface area contributed by atoms with E-state index in [2.05, 4.69) is 22.8 Å². The van der Waals surface area contributed by atoms with Crippen LogP contribution in [0.4, 0.5) is 5.69 Å². The Morgan fingerprint density at radius 2 is 1.82 bits per heavy atom. The minimum absolute atomic E-state index is 0.361. The van der Waals surface area contributed by atoms with Crippen LogP contribution >= 0.6 is 0 Å². The molecule has 2 N–H and O–H groups in total. The van der Waals surface area contributed by atoms with Gasteiger partial charge in [0, 0.05) is 24.5 Å². The fourth-order valence-corrected chi connectivity index (χ4v) is 6.15. The SMILES string of the molecule is O=S(=O)(c1ccccc1)N1CCc2cc([C@@H]3C[C@H]3NC3CCNCC3)ccc21. The van der Waals surface area contributed by atoms with Crippen LogP contribution in [0.1, 0.15) is 36.3 Å². The molecule has 5 nitrogen and oxygen atoms in total. The van der Waals surface area contributed by atoms with Gasteiger partial charge in [0.2, 0.25) is 0 Å². The highest BCUT2D eigenvalue weighted by molar-refractivity contribution is 7.92. The summed E-state index contributed by atoms with van der Waals surface area (Å²) in [6, 6.07) is 16.3. The molecule has 0 amide bonds. The Bertz CT molecular complexity index is 955. The van der Waals surface area contributed by atoms with E-state index in [1.165, 1.54) is 24.8 Å². The number of fused-ring (bicyclic) bond motifs is 1. The van der Waals surface area contributed by atoms with Crippen LogP contribution < -0.4 is 14.9 Å². The predicted octanol–water partition coefficient (Wildman–Crippen LogP) is 2.64. The van der Waals surface area contributed by atoms with Gasteiger partial charge in [0.25, 0.3) is 10.0 Å². The predicted molar refractivity (Wildman–Crippen MR) is 111 cm³/mol. The summed E-state index contributed by atoms with van der Waals surface area (Å²) in [5, 5.41) is 7.23. The first kappa shape index (κ1) is 18.2. The van der Waals surface area contributed by atoms with Gasteiger partial charge in [-0.2, -0.15) is 0 Å². The Morgan fingerprint density at radius 3 is 2.61 bits per heavy atom. The standard InChI is InChI=1S/C22H27N3O2S/c26-28(27,19-4-2-1-3-5-19)25-13-10-17-14-16(6-7-22(17)25)20-15-21(20)24-18-8-11-23-12-9-18/h1-7,14,18,20-21,23-24H,8-13,15H2/t20-,21+/m0/s1. The van der Waals surface area contributed by atoms with Crippen LogP contribution in [0.3, 0.4) is 0 Å². The number of hydrogen-bond acceptors (Lipinski definition) is 4. The first-order valence-corrected chi connectivity index (χ1v) is 11.7. The fourth-order valence-electron chi connectivity index (χ4n) is 4.63. The third-order valence-electron chi connectivity index (χ3n) is 6.30. The monoisotopic (exact) mass is 397 g/mol. The lowest BCUT2D eigenvalue weighted by Gasteiger charge is -2.24. The molecule has 6 heteroatoms. The molecule has 28 heavy (non-hydrogen) atoms. The van der Waals surface area contributed by atoms with Gasteiger partial charge in [-0.3, -0.25) is 4.31 Å². The quantitative estimate of drug-likeness (QED) is 0.814. The number of anilines is 1. The second-order valence-electron chi connectivity index (χ2n) is 8.17. The lowest BCUT2D eigenvalue weighted by Crippen LogP contribution is -2.41. The largest absolute Gasteiger partial charge is 0.317 e. The number of benzene rings is 2. The van der Waals surface area contributed by atoms with E-state index >= 15 is 0 Å². The van der Waals surface area contributed by atoms with Crippen molar-refractivity contribution in [1.82, 2.24) is 10.6 Å². The van der Waals surface area contributed by atoms with Crippen LogP contribution in [0.2, 0.25) is 0 Å². The Morgan fingerprint density at radius 1 is 1.04 bits per heavy atom. The van der Waals surface area contributed by atoms with E-state index in [0.717, 1.165) is 30.8 Å². The van der Waals surface area contributed by atoms with Gasteiger partial charge in [-0.1, -0.05) is 30.3 Å². The third-order valence-corrected chi connectivity index (χ3v) is 8.12. The molecule has 2 aromatic rings. The van der Waals surface area contributed by atoms with Crippen molar-refractivity contribution in [2.75, 3.05) is 23.9 Å². The molecular formula is C22H27N3O2S. The number of rotatable bonds is 5. The molecule has 2 aliphatic heterocycles. The minimum Gasteiger partial charge on any atom is -0.317 e. The molecular weight excluding hydrogens is 370 g/mol. The Kier molecular flexibility index (Phi) is 4.65. The number of nitrogens with one attached hydrogen (secondary N) is 2. The van der Waals surface area contributed by atoms with Crippen LogP contribution in [0, 0.1) is 0 Å². The molecule has 0 bridgehead atoms. The highest BCUT2D eigenvalue weighted by atomic mass is 32.2. The molecule has 5 rings (SSSR count). The zero-order chi connectivity index (χ0) is 19.1. The first-order valence-electron chi connectivity index (χ1n) is 10.3. The van der Waals surface area contributed by atoms with E-state index in [9.17, 15) is 8.42 Å². The molecule has 2 heterocycles. The molecule has 3 aliphatic rings. The van der Waals surface area contributed by atoms with E-state index in [1.807, 2.05) is 12.1 Å². The van der Waals surface area contributed by atoms with Crippen molar-refractivity contribution < 1.29 is 8.42 Å². The van der Waals surface area contributed by atoms with E-state index in [1.54, 1.807) is 28.6 Å². The highest BCUT2D eigenvalue weighted by Gasteiger charge is 2.40. The molecule has 2 fully saturated rings. The summed E-state index contributed by atoms with van der Waals surface area (Å²) in [5.74, 6) is 0.569. The maximum absolute atomic E-state index is 13.0. The average Bonchev–Trinajstić information content (AvgIpc) is 3.35. The summed E-state index contributed by atoms with van der Waals surface area (Å²) in [6.45, 7) is 2.75. The second-order valence-corrected chi connectivity index (χ2v) is 10.0. The van der Waals surface area contributed by atoms with Gasteiger partial charge < -0.3 is 10.6 Å². The van der Waals surface area contributed by atoms with Crippen molar-refractivity contribution in [3.8, 4) is 0 Å². The zero-order valence-corrected chi connectivity index (χ0v) is 16.8. The molecule has 1 saturated carbocycles. The lowest BCUT2D eigenvalue weighted by atomic mass is 10.0. The normalized spacial score (nSPS) is 24.9. The molecule has 0 radical (unpaired) electrons. The van der Waals surface area contributed by atoms with Crippen molar-refractivity contribution in [2.45, 2.75) is 48.6 Å². The zero-order valence-electron chi connectivity index (χ0n) is 16.0. The molecule has 0 spiro atoms. The Labute approximate surface area is 167 Å². The lowest BCUT2D eigenvalue weighted by molar-refractivity contribution is 0.383. The van der Waals surface area contributed by atoms with E-state index < -0.39 is 10.0 Å². The fraction of sp³-hybridized carbons (Fsp3) is 0.455. The summed E-state index contributed by atoms with van der Waals surface area (Å²) in [7, 11) is -3.48. The summed E-state index contributed by atoms with van der Waals surface area (Å²) in [6.07, 6.45) is 4.39. The van der Waals surface area contributed by atoms with Crippen LogP contribution in [0.5, 0.6) is 0 Å². The Balaban J connectivity index is 1.31. The Hall–Kier alpha value is -1.89. The second kappa shape index (κ2) is 7.17. The summed E-state index contributed by atoms with van der Waals surface area (Å²) in [5.41, 5.74) is 3.35. The third kappa shape index (κ3) is 3.34. The number of sulfonamides is 1. The molecule has 2 aromatic carbocycles. The van der Waals surface area contributed by atoms with Crippen molar-refractivity contribution in [3.05, 3.63) is 59.7 Å². The smallest absolute Gasteiger partial charge is 0.264 e. The first-order chi connectivity index (χ1) is 13.6. The van der Waals surface area contributed by atoms with Crippen molar-refractivity contribution in [1.29, 1.82) is 0 Å². The van der Waals surface area contributed by atoms with Gasteiger partial charge in [0.15, 0.2) is 0 Å². The summed E-state index contributed by atoms with van der Waals surface area (Å²) < 4.78 is 27.6. The van der Waals surface area contributed by atoms with Crippen LogP contribution in [0.25, 0.3) is 0 Å². The van der Waals surface area contributed by atoms with Gasteiger partial charge in [-0.15, -0.1) is 0 Å². The molecule has 148 valence electrons. The molecule has 1 saturated heterocycles. The van der Waals surface area contributed by atoms with Gasteiger partial charge in [-0.05, 0) is 68.1 Å². The minimum atomic E-state index is -3.48. The van der Waals surface area contributed by atoms with Crippen LogP contribution in [-0.2, 0) is 16.4 Å². The van der Waals surface area contributed by atoms with Crippen molar-refractivity contribution in [3.63, 3.8) is 0 Å². The highest BCUT2D eigenvalue weighted by Crippen LogP contribution is 2.44. The molecule has 0 unspecified atom stereocenters. The molecule has 1 aliphatic carbocycles. The van der Waals surface area contributed by atoms with Crippen molar-refractivity contribution in [2.24, 2.45) is 0 Å². The molecule has 2 atom stereocenters. The van der Waals surface area contributed by atoms with Crippen molar-refractivity contribution >= 4 is 15.7 Å². The maximum atomic E-state index is 13.0. The summed E-state index contributed by atoms with van der Waals surface area (Å²) in [4.78, 5) is 0.361. The van der Waals surface area contributed by atoms with E-state index in [4.69, 9.17) is 0 Å². The summed E-state index contributed by atoms with van der Waals surface area (Å²) >= 11 is 0. The van der Waals surface area contributed by atoms with Gasteiger partial charge in [0.1, 0.15) is 0 Å². The van der Waals surface area contributed by atoms with Gasteiger partial charge >= 0.3 is 0 Å². The number of hydrogen-bond donors (Lipinski definition) is 2. The van der Waals surface area contributed by atoms with E-state index in [0.29, 0.717) is 29.4 Å². The topological polar surface area (TPSA) is 61.4 Å². The van der Waals surface area contributed by atoms with Crippen LogP contribution in [-0.4, -0.2) is 40.1 Å². The van der Waals surface area contributed by atoms with E-state index in [-0.39, 0.29) is 0 Å². The maximum Gasteiger partial charge on any atom is 0.264 e. The average molecular weight is 398 g/mol. The number of nitrogens with zero attached hydrogens (tertiary/aromatic N) is 1. The molecule has 0 aromatic heterocycles.